The summed E-state index contributed by atoms with van der Waals surface area (Å²) in [6, 6.07) is 0. The molecular formula is C26H41N3O4S2. The summed E-state index contributed by atoms with van der Waals surface area (Å²) in [6.45, 7) is 9.89. The lowest BCUT2D eigenvalue weighted by molar-refractivity contribution is -0.136. The number of fused-ring (bicyclic) bond motifs is 1. The van der Waals surface area contributed by atoms with Crippen LogP contribution in [0.3, 0.4) is 0 Å². The molecule has 1 saturated heterocycles. The molecular weight excluding hydrogens is 482 g/mol. The van der Waals surface area contributed by atoms with Gasteiger partial charge in [-0.3, -0.25) is 9.59 Å². The van der Waals surface area contributed by atoms with Crippen molar-refractivity contribution in [1.82, 2.24) is 16.0 Å². The molecule has 3 rings (SSSR count). The van der Waals surface area contributed by atoms with Gasteiger partial charge in [-0.2, -0.15) is 0 Å². The number of amides is 2. The lowest BCUT2D eigenvalue weighted by atomic mass is 9.86. The molecule has 2 heterocycles. The second-order valence-corrected chi connectivity index (χ2v) is 12.6. The van der Waals surface area contributed by atoms with Gasteiger partial charge in [0.2, 0.25) is 5.91 Å². The molecule has 0 bridgehead atoms. The summed E-state index contributed by atoms with van der Waals surface area (Å²) >= 11 is 0. The number of carbonyl (C=O) groups excluding carboxylic acids is 2. The number of phenolic OH excluding ortho intramolecular Hbond substituents is 1. The quantitative estimate of drug-likeness (QED) is 0.243. The molecule has 0 saturated carbocycles. The minimum Gasteiger partial charge on any atom is -0.507 e. The minimum atomic E-state index is -0.934. The zero-order valence-electron chi connectivity index (χ0n) is 21.6. The van der Waals surface area contributed by atoms with E-state index in [0.29, 0.717) is 51.2 Å². The van der Waals surface area contributed by atoms with Gasteiger partial charge in [0, 0.05) is 55.6 Å². The molecule has 1 aromatic carbocycles. The van der Waals surface area contributed by atoms with Crippen LogP contribution in [0.25, 0.3) is 0 Å². The molecule has 35 heavy (non-hydrogen) atoms. The number of ether oxygens (including phenoxy) is 1. The van der Waals surface area contributed by atoms with Crippen LogP contribution in [0.1, 0.15) is 67.7 Å². The SMILES string of the molecule is Cc1c(C)c2c(c(C)c1O)CCC(C)(C(=O)NCCNCCNC(=O)CCCCC1CCSS1)O2. The lowest BCUT2D eigenvalue weighted by Gasteiger charge is -2.36. The second kappa shape index (κ2) is 13.1. The van der Waals surface area contributed by atoms with Gasteiger partial charge >= 0.3 is 0 Å². The average Bonchev–Trinajstić information content (AvgIpc) is 3.37. The molecule has 2 unspecified atom stereocenters. The van der Waals surface area contributed by atoms with Crippen molar-refractivity contribution in [2.75, 3.05) is 31.9 Å². The van der Waals surface area contributed by atoms with E-state index in [1.165, 1.54) is 18.6 Å². The Bertz CT molecular complexity index is 905. The number of hydrogen-bond acceptors (Lipinski definition) is 7. The Morgan fingerprint density at radius 2 is 1.80 bits per heavy atom. The molecule has 196 valence electrons. The van der Waals surface area contributed by atoms with E-state index in [4.69, 9.17) is 4.74 Å². The van der Waals surface area contributed by atoms with Crippen LogP contribution in [0.4, 0.5) is 0 Å². The number of nitrogens with one attached hydrogen (secondary N) is 3. The van der Waals surface area contributed by atoms with Gasteiger partial charge in [0.25, 0.3) is 5.91 Å². The maximum Gasteiger partial charge on any atom is 0.263 e. The van der Waals surface area contributed by atoms with Gasteiger partial charge in [0.05, 0.1) is 0 Å². The maximum atomic E-state index is 12.9. The summed E-state index contributed by atoms with van der Waals surface area (Å²) in [6.07, 6.45) is 6.45. The Hall–Kier alpha value is -1.58. The lowest BCUT2D eigenvalue weighted by Crippen LogP contribution is -2.52. The van der Waals surface area contributed by atoms with Gasteiger partial charge in [0.1, 0.15) is 11.5 Å². The van der Waals surface area contributed by atoms with E-state index < -0.39 is 5.60 Å². The first-order valence-electron chi connectivity index (χ1n) is 12.8. The fourth-order valence-electron chi connectivity index (χ4n) is 4.58. The Morgan fingerprint density at radius 1 is 1.06 bits per heavy atom. The van der Waals surface area contributed by atoms with E-state index in [2.05, 4.69) is 16.0 Å². The van der Waals surface area contributed by atoms with E-state index in [9.17, 15) is 14.7 Å². The molecule has 0 radical (unpaired) electrons. The Labute approximate surface area is 217 Å². The van der Waals surface area contributed by atoms with Crippen molar-refractivity contribution in [1.29, 1.82) is 0 Å². The fourth-order valence-corrected chi connectivity index (χ4v) is 7.61. The number of unbranched alkanes of at least 4 members (excludes halogenated alkanes) is 1. The van der Waals surface area contributed by atoms with E-state index in [0.717, 1.165) is 46.1 Å². The zero-order valence-corrected chi connectivity index (χ0v) is 23.2. The summed E-state index contributed by atoms with van der Waals surface area (Å²) in [5.41, 5.74) is 2.58. The zero-order chi connectivity index (χ0) is 25.4. The Kier molecular flexibility index (Phi) is 10.5. The van der Waals surface area contributed by atoms with Crippen LogP contribution >= 0.6 is 21.6 Å². The number of benzene rings is 1. The monoisotopic (exact) mass is 523 g/mol. The summed E-state index contributed by atoms with van der Waals surface area (Å²) in [5, 5.41) is 20.3. The van der Waals surface area contributed by atoms with Crippen molar-refractivity contribution in [3.8, 4) is 11.5 Å². The Morgan fingerprint density at radius 3 is 2.51 bits per heavy atom. The van der Waals surface area contributed by atoms with E-state index in [1.54, 1.807) is 0 Å². The van der Waals surface area contributed by atoms with Crippen molar-refractivity contribution in [3.63, 3.8) is 0 Å². The summed E-state index contributed by atoms with van der Waals surface area (Å²) < 4.78 is 6.23. The van der Waals surface area contributed by atoms with E-state index >= 15 is 0 Å². The molecule has 1 aromatic rings. The molecule has 2 atom stereocenters. The van der Waals surface area contributed by atoms with Gasteiger partial charge in [-0.15, -0.1) is 0 Å². The summed E-state index contributed by atoms with van der Waals surface area (Å²) in [5.74, 6) is 2.30. The normalized spacial score (nSPS) is 21.3. The van der Waals surface area contributed by atoms with Crippen molar-refractivity contribution < 1.29 is 19.4 Å². The third-order valence-electron chi connectivity index (χ3n) is 7.12. The van der Waals surface area contributed by atoms with Crippen molar-refractivity contribution in [3.05, 3.63) is 22.3 Å². The predicted octanol–water partition coefficient (Wildman–Crippen LogP) is 3.94. The van der Waals surface area contributed by atoms with Gasteiger partial charge in [-0.1, -0.05) is 28.0 Å². The third kappa shape index (κ3) is 7.46. The van der Waals surface area contributed by atoms with Crippen molar-refractivity contribution in [2.24, 2.45) is 0 Å². The van der Waals surface area contributed by atoms with Crippen LogP contribution in [0.5, 0.6) is 11.5 Å². The van der Waals surface area contributed by atoms with Crippen LogP contribution in [0, 0.1) is 20.8 Å². The van der Waals surface area contributed by atoms with Crippen LogP contribution in [-0.4, -0.2) is 59.7 Å². The topological polar surface area (TPSA) is 99.7 Å². The fraction of sp³-hybridized carbons (Fsp3) is 0.692. The maximum absolute atomic E-state index is 12.9. The van der Waals surface area contributed by atoms with Crippen LogP contribution < -0.4 is 20.7 Å². The van der Waals surface area contributed by atoms with E-state index in [1.807, 2.05) is 49.3 Å². The molecule has 2 amide bonds. The first-order chi connectivity index (χ1) is 16.7. The highest BCUT2D eigenvalue weighted by molar-refractivity contribution is 8.77. The van der Waals surface area contributed by atoms with Crippen LogP contribution in [0.2, 0.25) is 0 Å². The van der Waals surface area contributed by atoms with Gasteiger partial charge in [-0.05, 0) is 70.1 Å². The average molecular weight is 524 g/mol. The second-order valence-electron chi connectivity index (χ2n) is 9.79. The largest absolute Gasteiger partial charge is 0.507 e. The highest BCUT2D eigenvalue weighted by Gasteiger charge is 2.40. The smallest absolute Gasteiger partial charge is 0.263 e. The van der Waals surface area contributed by atoms with Gasteiger partial charge < -0.3 is 25.8 Å². The molecule has 1 fully saturated rings. The molecule has 2 aliphatic rings. The number of phenols is 1. The van der Waals surface area contributed by atoms with Gasteiger partial charge in [0.15, 0.2) is 5.60 Å². The van der Waals surface area contributed by atoms with Crippen LogP contribution in [0.15, 0.2) is 0 Å². The molecule has 0 aliphatic carbocycles. The standard InChI is InChI=1S/C26H41N3O4S2/c1-17-18(2)24-21(19(3)23(17)31)9-11-26(4,33-24)25(32)29-15-13-27-12-14-28-22(30)8-6-5-7-20-10-16-34-35-20/h20,27,31H,5-16H2,1-4H3,(H,28,30)(H,29,32). The first kappa shape index (κ1) is 28.0. The minimum absolute atomic E-state index is 0.116. The van der Waals surface area contributed by atoms with E-state index in [-0.39, 0.29) is 11.8 Å². The third-order valence-corrected chi connectivity index (χ3v) is 10.1. The molecule has 2 aliphatic heterocycles. The summed E-state index contributed by atoms with van der Waals surface area (Å²) in [7, 11) is 3.97. The highest BCUT2D eigenvalue weighted by Crippen LogP contribution is 2.43. The summed E-state index contributed by atoms with van der Waals surface area (Å²) in [4.78, 5) is 24.9. The van der Waals surface area contributed by atoms with Crippen molar-refractivity contribution in [2.45, 2.75) is 83.5 Å². The number of aromatic hydroxyl groups is 1. The molecule has 7 nitrogen and oxygen atoms in total. The van der Waals surface area contributed by atoms with Crippen molar-refractivity contribution >= 4 is 33.4 Å². The molecule has 9 heteroatoms. The molecule has 0 aromatic heterocycles. The number of hydrogen-bond donors (Lipinski definition) is 4. The van der Waals surface area contributed by atoms with Gasteiger partial charge in [-0.25, -0.2) is 0 Å². The number of carbonyl (C=O) groups is 2. The predicted molar refractivity (Wildman–Crippen MR) is 145 cm³/mol. The first-order valence-corrected chi connectivity index (χ1v) is 15.2. The number of rotatable bonds is 12. The van der Waals surface area contributed by atoms with Crippen LogP contribution in [-0.2, 0) is 16.0 Å². The Balaban J connectivity index is 1.28. The molecule has 4 N–H and O–H groups in total. The highest BCUT2D eigenvalue weighted by atomic mass is 33.1. The molecule has 0 spiro atoms.